The first-order valence-electron chi connectivity index (χ1n) is 8.01. The Morgan fingerprint density at radius 2 is 2.18 bits per heavy atom. The minimum atomic E-state index is 0.180. The topological polar surface area (TPSA) is 50.8 Å². The Bertz CT molecular complexity index is 527. The highest BCUT2D eigenvalue weighted by molar-refractivity contribution is 5.78. The number of nitrogens with one attached hydrogen (secondary N) is 1. The van der Waals surface area contributed by atoms with E-state index in [0.29, 0.717) is 38.9 Å². The van der Waals surface area contributed by atoms with Crippen LogP contribution >= 0.6 is 0 Å². The third-order valence-electron chi connectivity index (χ3n) is 4.55. The predicted molar refractivity (Wildman–Crippen MR) is 84.2 cm³/mol. The number of fused-ring (bicyclic) bond motifs is 1. The Hall–Kier alpha value is -1.59. The minimum Gasteiger partial charge on any atom is -0.497 e. The second-order valence-electron chi connectivity index (χ2n) is 5.95. The highest BCUT2D eigenvalue weighted by atomic mass is 16.5. The van der Waals surface area contributed by atoms with Gasteiger partial charge in [0.1, 0.15) is 5.75 Å². The molecule has 1 fully saturated rings. The lowest BCUT2D eigenvalue weighted by atomic mass is 9.88. The maximum Gasteiger partial charge on any atom is 0.236 e. The summed E-state index contributed by atoms with van der Waals surface area (Å²) >= 11 is 0. The lowest BCUT2D eigenvalue weighted by Gasteiger charge is -2.29. The van der Waals surface area contributed by atoms with E-state index in [-0.39, 0.29) is 5.91 Å². The average Bonchev–Trinajstić information content (AvgIpc) is 2.59. The molecule has 1 saturated heterocycles. The normalized spacial score (nSPS) is 21.3. The van der Waals surface area contributed by atoms with Crippen LogP contribution in [0.5, 0.6) is 5.75 Å². The van der Waals surface area contributed by atoms with Crippen LogP contribution in [-0.2, 0) is 22.4 Å². The van der Waals surface area contributed by atoms with Crippen molar-refractivity contribution in [3.63, 3.8) is 0 Å². The average molecular weight is 304 g/mol. The standard InChI is InChI=1S/C17H24N2O3/c1-21-16-5-3-13-2-4-15(10-14(13)11-16)18-12-17(20)19-6-8-22-9-7-19/h3,5,11,15,18H,2,4,6-10,12H2,1H3/t15-/m1/s1. The molecule has 0 radical (unpaired) electrons. The molecule has 22 heavy (non-hydrogen) atoms. The number of carbonyl (C=O) groups is 1. The summed E-state index contributed by atoms with van der Waals surface area (Å²) < 4.78 is 10.6. The molecule has 0 aromatic heterocycles. The number of morpholine rings is 1. The van der Waals surface area contributed by atoms with E-state index in [1.807, 2.05) is 11.0 Å². The van der Waals surface area contributed by atoms with Gasteiger partial charge in [0.05, 0.1) is 26.9 Å². The van der Waals surface area contributed by atoms with Gasteiger partial charge in [-0.2, -0.15) is 0 Å². The summed E-state index contributed by atoms with van der Waals surface area (Å²) in [6.45, 7) is 3.16. The summed E-state index contributed by atoms with van der Waals surface area (Å²) in [6.07, 6.45) is 3.10. The van der Waals surface area contributed by atoms with Crippen LogP contribution < -0.4 is 10.1 Å². The molecule has 0 spiro atoms. The monoisotopic (exact) mass is 304 g/mol. The van der Waals surface area contributed by atoms with Crippen LogP contribution in [0.25, 0.3) is 0 Å². The molecule has 3 rings (SSSR count). The molecular formula is C17H24N2O3. The van der Waals surface area contributed by atoms with Crippen molar-refractivity contribution in [1.82, 2.24) is 10.2 Å². The number of amides is 1. The fraction of sp³-hybridized carbons (Fsp3) is 0.588. The molecule has 120 valence electrons. The van der Waals surface area contributed by atoms with Gasteiger partial charge in [-0.25, -0.2) is 0 Å². The van der Waals surface area contributed by atoms with Crippen LogP contribution in [0.4, 0.5) is 0 Å². The van der Waals surface area contributed by atoms with E-state index in [2.05, 4.69) is 17.4 Å². The number of benzene rings is 1. The summed E-state index contributed by atoms with van der Waals surface area (Å²) in [4.78, 5) is 14.1. The Labute approximate surface area is 131 Å². The smallest absolute Gasteiger partial charge is 0.236 e. The van der Waals surface area contributed by atoms with Crippen molar-refractivity contribution in [2.75, 3.05) is 40.0 Å². The fourth-order valence-electron chi connectivity index (χ4n) is 3.19. The molecule has 0 saturated carbocycles. The first kappa shape index (κ1) is 15.3. The zero-order valence-electron chi connectivity index (χ0n) is 13.1. The maximum atomic E-state index is 12.2. The number of rotatable bonds is 4. The van der Waals surface area contributed by atoms with Gasteiger partial charge >= 0.3 is 0 Å². The summed E-state index contributed by atoms with van der Waals surface area (Å²) in [5.74, 6) is 1.09. The van der Waals surface area contributed by atoms with E-state index in [9.17, 15) is 4.79 Å². The number of aryl methyl sites for hydroxylation is 1. The van der Waals surface area contributed by atoms with E-state index in [1.165, 1.54) is 11.1 Å². The van der Waals surface area contributed by atoms with Gasteiger partial charge < -0.3 is 19.7 Å². The number of hydrogen-bond acceptors (Lipinski definition) is 4. The van der Waals surface area contributed by atoms with Gasteiger partial charge in [-0.05, 0) is 42.5 Å². The maximum absolute atomic E-state index is 12.2. The molecule has 5 heteroatoms. The summed E-state index contributed by atoms with van der Waals surface area (Å²) in [5.41, 5.74) is 2.74. The van der Waals surface area contributed by atoms with Crippen LogP contribution in [-0.4, -0.2) is 56.8 Å². The molecule has 1 atom stereocenters. The van der Waals surface area contributed by atoms with E-state index < -0.39 is 0 Å². The molecule has 1 aliphatic heterocycles. The Morgan fingerprint density at radius 3 is 2.95 bits per heavy atom. The van der Waals surface area contributed by atoms with Crippen molar-refractivity contribution in [2.45, 2.75) is 25.3 Å². The summed E-state index contributed by atoms with van der Waals surface area (Å²) in [6, 6.07) is 6.66. The molecule has 1 N–H and O–H groups in total. The fourth-order valence-corrected chi connectivity index (χ4v) is 3.19. The number of hydrogen-bond donors (Lipinski definition) is 1. The zero-order chi connectivity index (χ0) is 15.4. The molecule has 0 bridgehead atoms. The number of methoxy groups -OCH3 is 1. The van der Waals surface area contributed by atoms with Gasteiger partial charge in [0.15, 0.2) is 0 Å². The highest BCUT2D eigenvalue weighted by Crippen LogP contribution is 2.25. The molecule has 1 aromatic carbocycles. The SMILES string of the molecule is COc1ccc2c(c1)C[C@H](NCC(=O)N1CCOCC1)CC2. The lowest BCUT2D eigenvalue weighted by Crippen LogP contribution is -2.47. The second kappa shape index (κ2) is 7.11. The third-order valence-corrected chi connectivity index (χ3v) is 4.55. The molecule has 1 aromatic rings. The Morgan fingerprint density at radius 1 is 1.36 bits per heavy atom. The van der Waals surface area contributed by atoms with Gasteiger partial charge in [-0.15, -0.1) is 0 Å². The van der Waals surface area contributed by atoms with Crippen molar-refractivity contribution >= 4 is 5.91 Å². The first-order valence-corrected chi connectivity index (χ1v) is 8.01. The first-order chi connectivity index (χ1) is 10.8. The van der Waals surface area contributed by atoms with E-state index in [0.717, 1.165) is 25.0 Å². The summed E-state index contributed by atoms with van der Waals surface area (Å²) in [5, 5.41) is 3.42. The van der Waals surface area contributed by atoms with Gasteiger partial charge in [0.2, 0.25) is 5.91 Å². The molecule has 1 heterocycles. The third kappa shape index (κ3) is 3.59. The molecule has 5 nitrogen and oxygen atoms in total. The molecule has 1 aliphatic carbocycles. The quantitative estimate of drug-likeness (QED) is 0.902. The van der Waals surface area contributed by atoms with Gasteiger partial charge in [0, 0.05) is 19.1 Å². The number of carbonyl (C=O) groups excluding carboxylic acids is 1. The van der Waals surface area contributed by atoms with E-state index in [4.69, 9.17) is 9.47 Å². The predicted octanol–water partition coefficient (Wildman–Crippen LogP) is 1.00. The molecule has 0 unspecified atom stereocenters. The van der Waals surface area contributed by atoms with Crippen LogP contribution in [0.2, 0.25) is 0 Å². The molecule has 2 aliphatic rings. The molecule has 1 amide bonds. The van der Waals surface area contributed by atoms with Crippen LogP contribution in [0.1, 0.15) is 17.5 Å². The lowest BCUT2D eigenvalue weighted by molar-refractivity contribution is -0.134. The Balaban J connectivity index is 1.52. The Kier molecular flexibility index (Phi) is 4.95. The van der Waals surface area contributed by atoms with Crippen molar-refractivity contribution in [3.8, 4) is 5.75 Å². The van der Waals surface area contributed by atoms with Crippen LogP contribution in [0, 0.1) is 0 Å². The minimum absolute atomic E-state index is 0.180. The van der Waals surface area contributed by atoms with Crippen LogP contribution in [0.3, 0.4) is 0 Å². The molecular weight excluding hydrogens is 280 g/mol. The second-order valence-corrected chi connectivity index (χ2v) is 5.95. The van der Waals surface area contributed by atoms with E-state index >= 15 is 0 Å². The van der Waals surface area contributed by atoms with Crippen molar-refractivity contribution < 1.29 is 14.3 Å². The van der Waals surface area contributed by atoms with Gasteiger partial charge in [0.25, 0.3) is 0 Å². The van der Waals surface area contributed by atoms with Crippen molar-refractivity contribution in [1.29, 1.82) is 0 Å². The zero-order valence-corrected chi connectivity index (χ0v) is 13.1. The largest absolute Gasteiger partial charge is 0.497 e. The van der Waals surface area contributed by atoms with Gasteiger partial charge in [-0.1, -0.05) is 6.07 Å². The number of ether oxygens (including phenoxy) is 2. The van der Waals surface area contributed by atoms with Crippen LogP contribution in [0.15, 0.2) is 18.2 Å². The van der Waals surface area contributed by atoms with Crippen molar-refractivity contribution in [3.05, 3.63) is 29.3 Å². The van der Waals surface area contributed by atoms with Crippen molar-refractivity contribution in [2.24, 2.45) is 0 Å². The number of nitrogens with zero attached hydrogens (tertiary/aromatic N) is 1. The summed E-state index contributed by atoms with van der Waals surface area (Å²) in [7, 11) is 1.70. The highest BCUT2D eigenvalue weighted by Gasteiger charge is 2.21. The van der Waals surface area contributed by atoms with E-state index in [1.54, 1.807) is 7.11 Å². The van der Waals surface area contributed by atoms with Gasteiger partial charge in [-0.3, -0.25) is 4.79 Å².